The van der Waals surface area contributed by atoms with E-state index in [9.17, 15) is 9.59 Å². The number of hydrazone groups is 1. The number of para-hydroxylation sites is 1. The van der Waals surface area contributed by atoms with Crippen molar-refractivity contribution < 1.29 is 19.1 Å². The molecule has 0 radical (unpaired) electrons. The molecule has 6 nitrogen and oxygen atoms in total. The standard InChI is InChI=1S/C27H23ClN2O4S/c1-2-7-18-12-14-20(15-13-18)33-17-24(31)30-29-16-19-8-3-5-10-22(19)34-27(32)26-25(28)21-9-4-6-11-23(21)35-26/h3-6,8-16H,2,7,17H2,1H3,(H,30,31)/b29-16+. The Hall–Kier alpha value is -3.68. The Balaban J connectivity index is 1.35. The first kappa shape index (κ1) is 24.4. The van der Waals surface area contributed by atoms with Crippen LogP contribution in [0.2, 0.25) is 5.02 Å². The lowest BCUT2D eigenvalue weighted by Gasteiger charge is -2.07. The Morgan fingerprint density at radius 2 is 1.77 bits per heavy atom. The van der Waals surface area contributed by atoms with Crippen LogP contribution in [0.5, 0.6) is 11.5 Å². The maximum absolute atomic E-state index is 12.8. The Labute approximate surface area is 212 Å². The first-order valence-corrected chi connectivity index (χ1v) is 12.3. The van der Waals surface area contributed by atoms with Crippen molar-refractivity contribution in [2.45, 2.75) is 19.8 Å². The number of halogens is 1. The summed E-state index contributed by atoms with van der Waals surface area (Å²) < 4.78 is 12.0. The quantitative estimate of drug-likeness (QED) is 0.126. The van der Waals surface area contributed by atoms with Gasteiger partial charge in [-0.3, -0.25) is 4.79 Å². The summed E-state index contributed by atoms with van der Waals surface area (Å²) in [6.45, 7) is 1.95. The zero-order valence-electron chi connectivity index (χ0n) is 19.0. The molecule has 1 amide bonds. The average Bonchev–Trinajstić information content (AvgIpc) is 3.21. The molecule has 0 aliphatic carbocycles. The molecule has 0 atom stereocenters. The molecule has 0 saturated carbocycles. The molecule has 0 saturated heterocycles. The van der Waals surface area contributed by atoms with Crippen molar-refractivity contribution in [1.82, 2.24) is 5.43 Å². The van der Waals surface area contributed by atoms with Crippen LogP contribution in [0, 0.1) is 0 Å². The number of hydrogen-bond donors (Lipinski definition) is 1. The van der Waals surface area contributed by atoms with Crippen molar-refractivity contribution >= 4 is 51.1 Å². The number of thiophene rings is 1. The molecule has 178 valence electrons. The van der Waals surface area contributed by atoms with E-state index < -0.39 is 11.9 Å². The molecule has 0 aliphatic heterocycles. The molecule has 0 aliphatic rings. The summed E-state index contributed by atoms with van der Waals surface area (Å²) in [5, 5.41) is 5.14. The van der Waals surface area contributed by atoms with E-state index in [2.05, 4.69) is 17.5 Å². The number of ether oxygens (including phenoxy) is 2. The third kappa shape index (κ3) is 6.26. The van der Waals surface area contributed by atoms with E-state index in [1.54, 1.807) is 24.3 Å². The van der Waals surface area contributed by atoms with Gasteiger partial charge in [0.2, 0.25) is 0 Å². The highest BCUT2D eigenvalue weighted by molar-refractivity contribution is 7.21. The van der Waals surface area contributed by atoms with Gasteiger partial charge in [-0.05, 0) is 42.3 Å². The van der Waals surface area contributed by atoms with Crippen molar-refractivity contribution in [3.05, 3.63) is 93.8 Å². The number of nitrogens with one attached hydrogen (secondary N) is 1. The van der Waals surface area contributed by atoms with Gasteiger partial charge in [0.15, 0.2) is 6.61 Å². The smallest absolute Gasteiger partial charge is 0.355 e. The molecule has 0 spiro atoms. The second kappa shape index (κ2) is 11.6. The molecule has 1 N–H and O–H groups in total. The van der Waals surface area contributed by atoms with Crippen LogP contribution in [-0.2, 0) is 11.2 Å². The Morgan fingerprint density at radius 3 is 2.54 bits per heavy atom. The van der Waals surface area contributed by atoms with E-state index in [1.807, 2.05) is 48.5 Å². The molecule has 0 bridgehead atoms. The number of rotatable bonds is 9. The summed E-state index contributed by atoms with van der Waals surface area (Å²) in [4.78, 5) is 25.2. The summed E-state index contributed by atoms with van der Waals surface area (Å²) in [5.41, 5.74) is 4.16. The highest BCUT2D eigenvalue weighted by Gasteiger charge is 2.19. The average molecular weight is 507 g/mol. The lowest BCUT2D eigenvalue weighted by atomic mass is 10.1. The minimum absolute atomic E-state index is 0.175. The first-order chi connectivity index (χ1) is 17.0. The maximum Gasteiger partial charge on any atom is 0.355 e. The highest BCUT2D eigenvalue weighted by Crippen LogP contribution is 2.36. The van der Waals surface area contributed by atoms with Gasteiger partial charge >= 0.3 is 5.97 Å². The fraction of sp³-hybridized carbons (Fsp3) is 0.148. The minimum atomic E-state index is -0.556. The molecular weight excluding hydrogens is 484 g/mol. The third-order valence-corrected chi connectivity index (χ3v) is 6.72. The summed E-state index contributed by atoms with van der Waals surface area (Å²) >= 11 is 7.67. The van der Waals surface area contributed by atoms with E-state index in [-0.39, 0.29) is 6.61 Å². The Bertz CT molecular complexity index is 1370. The van der Waals surface area contributed by atoms with Crippen LogP contribution in [-0.4, -0.2) is 24.7 Å². The molecular formula is C27H23ClN2O4S. The van der Waals surface area contributed by atoms with E-state index in [0.29, 0.717) is 27.0 Å². The number of benzene rings is 3. The number of fused-ring (bicyclic) bond motifs is 1. The fourth-order valence-electron chi connectivity index (χ4n) is 3.37. The predicted octanol–water partition coefficient (Wildman–Crippen LogP) is 6.26. The summed E-state index contributed by atoms with van der Waals surface area (Å²) in [6.07, 6.45) is 3.48. The number of carbonyl (C=O) groups is 2. The van der Waals surface area contributed by atoms with E-state index in [0.717, 1.165) is 22.9 Å². The number of carbonyl (C=O) groups excluding carboxylic acids is 2. The summed E-state index contributed by atoms with van der Waals surface area (Å²) in [5.74, 6) is -0.0570. The molecule has 1 aromatic heterocycles. The van der Waals surface area contributed by atoms with Gasteiger partial charge in [0.05, 0.1) is 11.2 Å². The zero-order chi connectivity index (χ0) is 24.6. The van der Waals surface area contributed by atoms with Crippen LogP contribution in [0.25, 0.3) is 10.1 Å². The van der Waals surface area contributed by atoms with Crippen molar-refractivity contribution in [1.29, 1.82) is 0 Å². The van der Waals surface area contributed by atoms with Gasteiger partial charge in [-0.1, -0.05) is 67.4 Å². The second-order valence-corrected chi connectivity index (χ2v) is 9.07. The zero-order valence-corrected chi connectivity index (χ0v) is 20.6. The van der Waals surface area contributed by atoms with Gasteiger partial charge in [0.25, 0.3) is 5.91 Å². The largest absolute Gasteiger partial charge is 0.484 e. The molecule has 3 aromatic carbocycles. The van der Waals surface area contributed by atoms with Gasteiger partial charge in [-0.2, -0.15) is 5.10 Å². The highest BCUT2D eigenvalue weighted by atomic mass is 35.5. The summed E-state index contributed by atoms with van der Waals surface area (Å²) in [6, 6.07) is 22.1. The normalized spacial score (nSPS) is 11.0. The maximum atomic E-state index is 12.8. The predicted molar refractivity (Wildman–Crippen MR) is 140 cm³/mol. The SMILES string of the molecule is CCCc1ccc(OCC(=O)N/N=C/c2ccccc2OC(=O)c2sc3ccccc3c2Cl)cc1. The third-order valence-electron chi connectivity index (χ3n) is 5.07. The van der Waals surface area contributed by atoms with Crippen LogP contribution >= 0.6 is 22.9 Å². The van der Waals surface area contributed by atoms with Crippen LogP contribution in [0.15, 0.2) is 77.9 Å². The lowest BCUT2D eigenvalue weighted by Crippen LogP contribution is -2.24. The number of hydrogen-bond acceptors (Lipinski definition) is 6. The van der Waals surface area contributed by atoms with Crippen molar-refractivity contribution in [3.8, 4) is 11.5 Å². The number of nitrogens with zero attached hydrogens (tertiary/aromatic N) is 1. The molecule has 35 heavy (non-hydrogen) atoms. The van der Waals surface area contributed by atoms with Gasteiger partial charge in [-0.25, -0.2) is 10.2 Å². The Morgan fingerprint density at radius 1 is 1.03 bits per heavy atom. The van der Waals surface area contributed by atoms with Gasteiger partial charge in [0.1, 0.15) is 16.4 Å². The summed E-state index contributed by atoms with van der Waals surface area (Å²) in [7, 11) is 0. The number of amides is 1. The van der Waals surface area contributed by atoms with E-state index >= 15 is 0 Å². The van der Waals surface area contributed by atoms with Crippen LogP contribution in [0.3, 0.4) is 0 Å². The van der Waals surface area contributed by atoms with Gasteiger partial charge in [-0.15, -0.1) is 11.3 Å². The minimum Gasteiger partial charge on any atom is -0.484 e. The van der Waals surface area contributed by atoms with Crippen molar-refractivity contribution in [3.63, 3.8) is 0 Å². The first-order valence-electron chi connectivity index (χ1n) is 11.1. The molecule has 0 unspecified atom stereocenters. The molecule has 4 aromatic rings. The van der Waals surface area contributed by atoms with Crippen molar-refractivity contribution in [2.75, 3.05) is 6.61 Å². The Kier molecular flexibility index (Phi) is 8.13. The van der Waals surface area contributed by atoms with Gasteiger partial charge < -0.3 is 9.47 Å². The van der Waals surface area contributed by atoms with E-state index in [1.165, 1.54) is 23.1 Å². The number of esters is 1. The molecule has 8 heteroatoms. The fourth-order valence-corrected chi connectivity index (χ4v) is 4.75. The lowest BCUT2D eigenvalue weighted by molar-refractivity contribution is -0.123. The van der Waals surface area contributed by atoms with Crippen LogP contribution in [0.4, 0.5) is 0 Å². The second-order valence-electron chi connectivity index (χ2n) is 7.64. The molecule has 4 rings (SSSR count). The number of aryl methyl sites for hydroxylation is 1. The van der Waals surface area contributed by atoms with Crippen LogP contribution < -0.4 is 14.9 Å². The molecule has 1 heterocycles. The topological polar surface area (TPSA) is 77.0 Å². The van der Waals surface area contributed by atoms with Crippen molar-refractivity contribution in [2.24, 2.45) is 5.10 Å². The van der Waals surface area contributed by atoms with Crippen LogP contribution in [0.1, 0.15) is 34.1 Å². The molecule has 0 fully saturated rings. The monoisotopic (exact) mass is 506 g/mol. The van der Waals surface area contributed by atoms with Gasteiger partial charge in [0, 0.05) is 15.6 Å². The van der Waals surface area contributed by atoms with E-state index in [4.69, 9.17) is 21.1 Å².